The van der Waals surface area contributed by atoms with Gasteiger partial charge in [0.05, 0.1) is 16.8 Å². The average molecular weight is 270 g/mol. The minimum absolute atomic E-state index is 0.182. The van der Waals surface area contributed by atoms with Crippen LogP contribution in [-0.2, 0) is 11.3 Å². The first-order chi connectivity index (χ1) is 8.31. The van der Waals surface area contributed by atoms with Crippen LogP contribution in [0.15, 0.2) is 18.6 Å². The molecule has 1 aliphatic heterocycles. The monoisotopic (exact) mass is 269 g/mol. The number of ether oxygens (including phenoxy) is 1. The van der Waals surface area contributed by atoms with E-state index in [0.717, 1.165) is 29.9 Å². The highest BCUT2D eigenvalue weighted by Crippen LogP contribution is 2.24. The van der Waals surface area contributed by atoms with Crippen LogP contribution in [0.2, 0.25) is 0 Å². The van der Waals surface area contributed by atoms with Crippen molar-refractivity contribution in [2.45, 2.75) is 12.1 Å². The number of aromatic nitrogens is 2. The summed E-state index contributed by atoms with van der Waals surface area (Å²) >= 11 is 7.72. The minimum atomic E-state index is -0.182. The largest absolute Gasteiger partial charge is 0.360 e. The van der Waals surface area contributed by atoms with Crippen molar-refractivity contribution in [3.8, 4) is 0 Å². The molecular weight excluding hydrogens is 258 g/mol. The summed E-state index contributed by atoms with van der Waals surface area (Å²) in [6.45, 7) is 3.33. The van der Waals surface area contributed by atoms with Gasteiger partial charge in [-0.3, -0.25) is 4.90 Å². The Morgan fingerprint density at radius 1 is 1.59 bits per heavy atom. The van der Waals surface area contributed by atoms with Crippen molar-refractivity contribution in [2.24, 2.45) is 0 Å². The highest BCUT2D eigenvalue weighted by Gasteiger charge is 2.18. The van der Waals surface area contributed by atoms with E-state index in [2.05, 4.69) is 20.9 Å². The van der Waals surface area contributed by atoms with Crippen LogP contribution < -0.4 is 0 Å². The summed E-state index contributed by atoms with van der Waals surface area (Å²) in [6, 6.07) is 2.13. The van der Waals surface area contributed by atoms with Gasteiger partial charge in [-0.1, -0.05) is 11.6 Å². The average Bonchev–Trinajstić information content (AvgIpc) is 2.71. The van der Waals surface area contributed by atoms with E-state index >= 15 is 0 Å². The molecular formula is C11H12ClN3OS. The van der Waals surface area contributed by atoms with Crippen molar-refractivity contribution < 1.29 is 4.74 Å². The number of hydrogen-bond acceptors (Lipinski definition) is 5. The Kier molecular flexibility index (Phi) is 3.24. The molecule has 4 nitrogen and oxygen atoms in total. The Balaban J connectivity index is 1.75. The van der Waals surface area contributed by atoms with E-state index in [9.17, 15) is 0 Å². The van der Waals surface area contributed by atoms with E-state index in [-0.39, 0.29) is 5.56 Å². The van der Waals surface area contributed by atoms with Crippen molar-refractivity contribution >= 4 is 33.2 Å². The number of hydrogen-bond donors (Lipinski definition) is 0. The lowest BCUT2D eigenvalue weighted by atomic mass is 10.3. The van der Waals surface area contributed by atoms with Crippen LogP contribution in [0.4, 0.5) is 0 Å². The Morgan fingerprint density at radius 3 is 3.35 bits per heavy atom. The first-order valence-corrected chi connectivity index (χ1v) is 6.73. The molecule has 0 aromatic carbocycles. The molecule has 1 saturated heterocycles. The predicted octanol–water partition coefficient (Wildman–Crippen LogP) is 2.09. The summed E-state index contributed by atoms with van der Waals surface area (Å²) in [6.07, 6.45) is 3.45. The van der Waals surface area contributed by atoms with Crippen molar-refractivity contribution in [1.82, 2.24) is 14.9 Å². The fourth-order valence-electron chi connectivity index (χ4n) is 1.94. The molecule has 1 atom stereocenters. The van der Waals surface area contributed by atoms with Gasteiger partial charge in [-0.25, -0.2) is 9.97 Å². The molecule has 1 fully saturated rings. The maximum Gasteiger partial charge on any atom is 0.143 e. The first kappa shape index (κ1) is 11.3. The maximum absolute atomic E-state index is 5.97. The zero-order chi connectivity index (χ0) is 11.7. The van der Waals surface area contributed by atoms with Crippen LogP contribution in [-0.4, -0.2) is 40.1 Å². The third-order valence-electron chi connectivity index (χ3n) is 2.73. The summed E-state index contributed by atoms with van der Waals surface area (Å²) in [7, 11) is 0. The minimum Gasteiger partial charge on any atom is -0.360 e. The van der Waals surface area contributed by atoms with Gasteiger partial charge in [0.1, 0.15) is 11.9 Å². The molecule has 2 aromatic heterocycles. The molecule has 1 unspecified atom stereocenters. The number of morpholine rings is 1. The molecule has 0 spiro atoms. The van der Waals surface area contributed by atoms with Gasteiger partial charge in [0.25, 0.3) is 0 Å². The van der Waals surface area contributed by atoms with Crippen LogP contribution in [0, 0.1) is 0 Å². The third kappa shape index (κ3) is 2.57. The summed E-state index contributed by atoms with van der Waals surface area (Å²) in [5, 5.41) is 0. The topological polar surface area (TPSA) is 38.2 Å². The molecule has 0 radical (unpaired) electrons. The second kappa shape index (κ2) is 4.86. The van der Waals surface area contributed by atoms with E-state index in [4.69, 9.17) is 16.3 Å². The van der Waals surface area contributed by atoms with Crippen molar-refractivity contribution in [3.05, 3.63) is 23.5 Å². The van der Waals surface area contributed by atoms with Gasteiger partial charge in [-0.05, 0) is 6.07 Å². The number of thiophene rings is 1. The van der Waals surface area contributed by atoms with Gasteiger partial charge in [0.15, 0.2) is 0 Å². The van der Waals surface area contributed by atoms with Crippen LogP contribution >= 0.6 is 22.9 Å². The third-order valence-corrected chi connectivity index (χ3v) is 4.04. The molecule has 1 aliphatic rings. The van der Waals surface area contributed by atoms with Crippen molar-refractivity contribution in [2.75, 3.05) is 19.7 Å². The second-order valence-corrected chi connectivity index (χ2v) is 5.66. The summed E-state index contributed by atoms with van der Waals surface area (Å²) in [5.41, 5.74) is 0.841. The molecule has 0 N–H and O–H groups in total. The van der Waals surface area contributed by atoms with Crippen LogP contribution in [0.5, 0.6) is 0 Å². The zero-order valence-corrected chi connectivity index (χ0v) is 10.7. The lowest BCUT2D eigenvalue weighted by Gasteiger charge is -2.29. The fourth-order valence-corrected chi connectivity index (χ4v) is 3.25. The second-order valence-electron chi connectivity index (χ2n) is 4.00. The quantitative estimate of drug-likeness (QED) is 0.783. The maximum atomic E-state index is 5.97. The smallest absolute Gasteiger partial charge is 0.143 e. The number of fused-ring (bicyclic) bond motifs is 1. The Morgan fingerprint density at radius 2 is 2.53 bits per heavy atom. The van der Waals surface area contributed by atoms with Crippen LogP contribution in [0.25, 0.3) is 10.2 Å². The predicted molar refractivity (Wildman–Crippen MR) is 68.3 cm³/mol. The molecule has 2 aromatic rings. The van der Waals surface area contributed by atoms with Gasteiger partial charge in [-0.15, -0.1) is 11.3 Å². The Labute approximate surface area is 108 Å². The molecule has 0 saturated carbocycles. The molecule has 6 heteroatoms. The summed E-state index contributed by atoms with van der Waals surface area (Å²) in [4.78, 5) is 11.9. The molecule has 0 aliphatic carbocycles. The first-order valence-electron chi connectivity index (χ1n) is 5.48. The molecule has 17 heavy (non-hydrogen) atoms. The van der Waals surface area contributed by atoms with E-state index in [1.54, 1.807) is 17.7 Å². The summed E-state index contributed by atoms with van der Waals surface area (Å²) in [5.74, 6) is 0. The zero-order valence-electron chi connectivity index (χ0n) is 9.17. The normalized spacial score (nSPS) is 22.1. The number of nitrogens with zero attached hydrogens (tertiary/aromatic N) is 3. The molecule has 0 amide bonds. The Bertz CT molecular complexity index is 485. The lowest BCUT2D eigenvalue weighted by molar-refractivity contribution is 0.0111. The highest BCUT2D eigenvalue weighted by atomic mass is 35.5. The van der Waals surface area contributed by atoms with Gasteiger partial charge in [-0.2, -0.15) is 0 Å². The van der Waals surface area contributed by atoms with Crippen molar-refractivity contribution in [1.29, 1.82) is 0 Å². The van der Waals surface area contributed by atoms with Gasteiger partial charge in [0, 0.05) is 30.7 Å². The van der Waals surface area contributed by atoms with E-state index in [1.165, 1.54) is 4.88 Å². The van der Waals surface area contributed by atoms with E-state index in [0.29, 0.717) is 6.61 Å². The SMILES string of the molecule is ClC1CN(Cc2cc3ncncc3s2)CCO1. The number of rotatable bonds is 2. The van der Waals surface area contributed by atoms with Crippen LogP contribution in [0.3, 0.4) is 0 Å². The molecule has 3 rings (SSSR count). The van der Waals surface area contributed by atoms with E-state index in [1.807, 2.05) is 6.20 Å². The molecule has 90 valence electrons. The van der Waals surface area contributed by atoms with Gasteiger partial charge >= 0.3 is 0 Å². The molecule has 3 heterocycles. The Hall–Kier alpha value is -0.750. The number of alkyl halides is 1. The van der Waals surface area contributed by atoms with Gasteiger partial charge in [0.2, 0.25) is 0 Å². The van der Waals surface area contributed by atoms with Gasteiger partial charge < -0.3 is 4.74 Å². The van der Waals surface area contributed by atoms with Crippen molar-refractivity contribution in [3.63, 3.8) is 0 Å². The van der Waals surface area contributed by atoms with Crippen LogP contribution in [0.1, 0.15) is 4.88 Å². The summed E-state index contributed by atoms with van der Waals surface area (Å²) < 4.78 is 6.45. The fraction of sp³-hybridized carbons (Fsp3) is 0.455. The standard InChI is InChI=1S/C11H12ClN3OS/c12-11-6-15(1-2-16-11)5-8-3-9-10(17-8)4-13-7-14-9/h3-4,7,11H,1-2,5-6H2. The molecule has 0 bridgehead atoms. The highest BCUT2D eigenvalue weighted by molar-refractivity contribution is 7.18. The van der Waals surface area contributed by atoms with E-state index < -0.39 is 0 Å². The lowest BCUT2D eigenvalue weighted by Crippen LogP contribution is -2.39. The number of halogens is 1.